The van der Waals surface area contributed by atoms with E-state index in [1.807, 2.05) is 35.2 Å². The summed E-state index contributed by atoms with van der Waals surface area (Å²) in [6.45, 7) is 1.49. The summed E-state index contributed by atoms with van der Waals surface area (Å²) in [5, 5.41) is 9.14. The number of aryl methyl sites for hydroxylation is 1. The van der Waals surface area contributed by atoms with E-state index < -0.39 is 0 Å². The zero-order chi connectivity index (χ0) is 18.4. The van der Waals surface area contributed by atoms with Gasteiger partial charge in [0.2, 0.25) is 5.91 Å². The van der Waals surface area contributed by atoms with Crippen molar-refractivity contribution in [3.63, 3.8) is 0 Å². The predicted octanol–water partition coefficient (Wildman–Crippen LogP) is 3.39. The van der Waals surface area contributed by atoms with E-state index in [2.05, 4.69) is 22.8 Å². The molecule has 0 atom stereocenters. The SMILES string of the molecule is O=C1N(Cc2nc3ccccc3n2CCCCO)c2ccccc2C12CC2. The first-order chi connectivity index (χ1) is 13.2. The largest absolute Gasteiger partial charge is 0.396 e. The number of aliphatic hydroxyl groups excluding tert-OH is 1. The number of anilines is 1. The van der Waals surface area contributed by atoms with Crippen molar-refractivity contribution in [2.45, 2.75) is 44.2 Å². The van der Waals surface area contributed by atoms with Gasteiger partial charge in [-0.15, -0.1) is 0 Å². The van der Waals surface area contributed by atoms with E-state index in [4.69, 9.17) is 10.1 Å². The van der Waals surface area contributed by atoms with Crippen LogP contribution in [0.5, 0.6) is 0 Å². The lowest BCUT2D eigenvalue weighted by Crippen LogP contribution is -2.32. The second-order valence-corrected chi connectivity index (χ2v) is 7.59. The number of amides is 1. The Morgan fingerprint density at radius 2 is 1.81 bits per heavy atom. The van der Waals surface area contributed by atoms with Crippen LogP contribution < -0.4 is 4.90 Å². The molecule has 27 heavy (non-hydrogen) atoms. The van der Waals surface area contributed by atoms with Crippen LogP contribution in [0.25, 0.3) is 11.0 Å². The van der Waals surface area contributed by atoms with Crippen molar-refractivity contribution >= 4 is 22.6 Å². The van der Waals surface area contributed by atoms with Gasteiger partial charge in [-0.1, -0.05) is 30.3 Å². The fourth-order valence-corrected chi connectivity index (χ4v) is 4.38. The van der Waals surface area contributed by atoms with Crippen LogP contribution in [-0.4, -0.2) is 27.2 Å². The van der Waals surface area contributed by atoms with E-state index in [9.17, 15) is 4.79 Å². The minimum atomic E-state index is -0.273. The van der Waals surface area contributed by atoms with Gasteiger partial charge < -0.3 is 14.6 Å². The van der Waals surface area contributed by atoms with Gasteiger partial charge in [-0.3, -0.25) is 4.79 Å². The zero-order valence-corrected chi connectivity index (χ0v) is 15.3. The molecule has 5 nitrogen and oxygen atoms in total. The number of fused-ring (bicyclic) bond motifs is 3. The molecule has 2 aromatic carbocycles. The van der Waals surface area contributed by atoms with Crippen LogP contribution in [0.15, 0.2) is 48.5 Å². The Morgan fingerprint density at radius 3 is 2.63 bits per heavy atom. The van der Waals surface area contributed by atoms with Crippen molar-refractivity contribution in [3.05, 3.63) is 59.9 Å². The number of imidazole rings is 1. The number of unbranched alkanes of at least 4 members (excludes halogenated alkanes) is 1. The quantitative estimate of drug-likeness (QED) is 0.685. The van der Waals surface area contributed by atoms with Crippen LogP contribution in [0.4, 0.5) is 5.69 Å². The van der Waals surface area contributed by atoms with E-state index in [1.165, 1.54) is 5.56 Å². The first-order valence-corrected chi connectivity index (χ1v) is 9.71. The van der Waals surface area contributed by atoms with Crippen LogP contribution in [0.3, 0.4) is 0 Å². The molecule has 1 spiro atoms. The number of hydrogen-bond acceptors (Lipinski definition) is 3. The summed E-state index contributed by atoms with van der Waals surface area (Å²) in [5.41, 5.74) is 3.99. The standard InChI is InChI=1S/C22H23N3O2/c26-14-6-5-13-24-19-10-4-2-8-17(19)23-20(24)15-25-18-9-3-1-7-16(18)22(11-12-22)21(25)27/h1-4,7-10,26H,5-6,11-15H2. The lowest BCUT2D eigenvalue weighted by atomic mass is 9.98. The Hall–Kier alpha value is -2.66. The van der Waals surface area contributed by atoms with Crippen LogP contribution in [-0.2, 0) is 23.3 Å². The molecule has 5 rings (SSSR count). The third kappa shape index (κ3) is 2.49. The molecule has 0 bridgehead atoms. The molecule has 0 radical (unpaired) electrons. The number of carbonyl (C=O) groups is 1. The Balaban J connectivity index is 1.53. The maximum Gasteiger partial charge on any atom is 0.238 e. The lowest BCUT2D eigenvalue weighted by molar-refractivity contribution is -0.120. The van der Waals surface area contributed by atoms with Gasteiger partial charge in [0.15, 0.2) is 0 Å². The molecule has 1 aliphatic heterocycles. The number of nitrogens with zero attached hydrogens (tertiary/aromatic N) is 3. The predicted molar refractivity (Wildman–Crippen MR) is 105 cm³/mol. The van der Waals surface area contributed by atoms with Crippen LogP contribution in [0, 0.1) is 0 Å². The van der Waals surface area contributed by atoms with Crippen molar-refractivity contribution in [2.24, 2.45) is 0 Å². The smallest absolute Gasteiger partial charge is 0.238 e. The number of benzene rings is 2. The molecule has 2 heterocycles. The second kappa shape index (κ2) is 6.20. The van der Waals surface area contributed by atoms with Crippen LogP contribution in [0.2, 0.25) is 0 Å². The Labute approximate surface area is 158 Å². The summed E-state index contributed by atoms with van der Waals surface area (Å²) < 4.78 is 2.21. The van der Waals surface area contributed by atoms with Gasteiger partial charge in [-0.2, -0.15) is 0 Å². The summed E-state index contributed by atoms with van der Waals surface area (Å²) in [4.78, 5) is 20.0. The molecule has 1 aromatic heterocycles. The number of aliphatic hydroxyl groups is 1. The Morgan fingerprint density at radius 1 is 1.04 bits per heavy atom. The van der Waals surface area contributed by atoms with Crippen LogP contribution in [0.1, 0.15) is 37.1 Å². The molecule has 1 amide bonds. The minimum Gasteiger partial charge on any atom is -0.396 e. The number of para-hydroxylation sites is 3. The summed E-state index contributed by atoms with van der Waals surface area (Å²) >= 11 is 0. The van der Waals surface area contributed by atoms with Crippen molar-refractivity contribution in [2.75, 3.05) is 11.5 Å². The van der Waals surface area contributed by atoms with Gasteiger partial charge in [0.25, 0.3) is 0 Å². The summed E-state index contributed by atoms with van der Waals surface area (Å²) in [6, 6.07) is 16.3. The minimum absolute atomic E-state index is 0.197. The van der Waals surface area contributed by atoms with Gasteiger partial charge in [0, 0.05) is 18.8 Å². The summed E-state index contributed by atoms with van der Waals surface area (Å²) in [6.07, 6.45) is 3.55. The average molecular weight is 361 g/mol. The molecular formula is C22H23N3O2. The van der Waals surface area contributed by atoms with E-state index in [0.717, 1.165) is 54.8 Å². The van der Waals surface area contributed by atoms with E-state index >= 15 is 0 Å². The highest BCUT2D eigenvalue weighted by Gasteiger charge is 2.59. The van der Waals surface area contributed by atoms with Gasteiger partial charge >= 0.3 is 0 Å². The number of rotatable bonds is 6. The molecule has 3 aromatic rings. The van der Waals surface area contributed by atoms with Gasteiger partial charge in [-0.05, 0) is 49.4 Å². The fraction of sp³-hybridized carbons (Fsp3) is 0.364. The number of aromatic nitrogens is 2. The van der Waals surface area contributed by atoms with Gasteiger partial charge in [0.1, 0.15) is 5.82 Å². The molecule has 138 valence electrons. The highest BCUT2D eigenvalue weighted by Crippen LogP contribution is 2.57. The maximum absolute atomic E-state index is 13.2. The normalized spacial score (nSPS) is 17.1. The molecule has 0 unspecified atom stereocenters. The number of hydrogen-bond donors (Lipinski definition) is 1. The van der Waals surface area contributed by atoms with E-state index in [1.54, 1.807) is 0 Å². The van der Waals surface area contributed by atoms with Gasteiger partial charge in [0.05, 0.1) is 23.0 Å². The highest BCUT2D eigenvalue weighted by molar-refractivity contribution is 6.10. The molecule has 0 saturated heterocycles. The monoisotopic (exact) mass is 361 g/mol. The molecule has 1 saturated carbocycles. The molecular weight excluding hydrogens is 338 g/mol. The maximum atomic E-state index is 13.2. The first-order valence-electron chi connectivity index (χ1n) is 9.71. The molecule has 2 aliphatic rings. The van der Waals surface area contributed by atoms with Crippen molar-refractivity contribution in [3.8, 4) is 0 Å². The average Bonchev–Trinajstić information content (AvgIpc) is 3.39. The molecule has 5 heteroatoms. The van der Waals surface area contributed by atoms with Crippen molar-refractivity contribution in [1.29, 1.82) is 0 Å². The highest BCUT2D eigenvalue weighted by atomic mass is 16.3. The van der Waals surface area contributed by atoms with Crippen LogP contribution >= 0.6 is 0 Å². The number of carbonyl (C=O) groups excluding carboxylic acids is 1. The fourth-order valence-electron chi connectivity index (χ4n) is 4.38. The third-order valence-electron chi connectivity index (χ3n) is 5.94. The lowest BCUT2D eigenvalue weighted by Gasteiger charge is -2.19. The van der Waals surface area contributed by atoms with Crippen molar-refractivity contribution in [1.82, 2.24) is 9.55 Å². The zero-order valence-electron chi connectivity index (χ0n) is 15.3. The summed E-state index contributed by atoms with van der Waals surface area (Å²) in [5.74, 6) is 1.13. The van der Waals surface area contributed by atoms with Gasteiger partial charge in [-0.25, -0.2) is 4.98 Å². The van der Waals surface area contributed by atoms with Crippen molar-refractivity contribution < 1.29 is 9.90 Å². The molecule has 1 aliphatic carbocycles. The Kier molecular flexibility index (Phi) is 3.79. The third-order valence-corrected chi connectivity index (χ3v) is 5.94. The Bertz CT molecular complexity index is 1020. The molecule has 1 fully saturated rings. The molecule has 1 N–H and O–H groups in total. The second-order valence-electron chi connectivity index (χ2n) is 7.59. The topological polar surface area (TPSA) is 58.4 Å². The van der Waals surface area contributed by atoms with E-state index in [-0.39, 0.29) is 17.9 Å². The first kappa shape index (κ1) is 16.5. The summed E-state index contributed by atoms with van der Waals surface area (Å²) in [7, 11) is 0. The van der Waals surface area contributed by atoms with E-state index in [0.29, 0.717) is 6.54 Å².